The lowest BCUT2D eigenvalue weighted by Gasteiger charge is -2.29. The first-order valence-corrected chi connectivity index (χ1v) is 12.8. The van der Waals surface area contributed by atoms with Crippen LogP contribution in [0.5, 0.6) is 0 Å². The number of ether oxygens (including phenoxy) is 1. The van der Waals surface area contributed by atoms with Crippen LogP contribution in [0, 0.1) is 0 Å². The molecule has 0 unspecified atom stereocenters. The Morgan fingerprint density at radius 3 is 1.45 bits per heavy atom. The van der Waals surface area contributed by atoms with E-state index in [-0.39, 0.29) is 5.91 Å². The van der Waals surface area contributed by atoms with E-state index >= 15 is 0 Å². The molecule has 3 aromatic carbocycles. The van der Waals surface area contributed by atoms with Crippen LogP contribution in [-0.2, 0) is 14.3 Å². The highest BCUT2D eigenvalue weighted by Gasteiger charge is 2.55. The zero-order chi connectivity index (χ0) is 22.3. The Morgan fingerprint density at radius 1 is 0.774 bits per heavy atom. The van der Waals surface area contributed by atoms with Crippen molar-refractivity contribution in [2.75, 3.05) is 13.4 Å². The Morgan fingerprint density at radius 2 is 1.16 bits per heavy atom. The first kappa shape index (κ1) is 22.8. The second-order valence-corrected chi connectivity index (χ2v) is 10.9. The fraction of sp³-hybridized carbons (Fsp3) is 0.120. The molecule has 0 aliphatic heterocycles. The quantitative estimate of drug-likeness (QED) is 0.338. The van der Waals surface area contributed by atoms with E-state index in [0.717, 1.165) is 15.9 Å². The largest absolute Gasteiger partial charge is 0.463 e. The van der Waals surface area contributed by atoms with Gasteiger partial charge in [0.25, 0.3) is 0 Å². The van der Waals surface area contributed by atoms with Crippen LogP contribution >= 0.6 is 19.0 Å². The number of benzene rings is 3. The number of thioether (sulfide) groups is 1. The van der Waals surface area contributed by atoms with Gasteiger partial charge in [0.05, 0.1) is 7.11 Å². The highest BCUT2D eigenvalue weighted by Crippen LogP contribution is 2.64. The van der Waals surface area contributed by atoms with Crippen LogP contribution in [0.3, 0.4) is 0 Å². The highest BCUT2D eigenvalue weighted by atomic mass is 32.2. The van der Waals surface area contributed by atoms with Crippen molar-refractivity contribution >= 4 is 46.8 Å². The van der Waals surface area contributed by atoms with Crippen LogP contribution in [0.15, 0.2) is 101 Å². The number of rotatable bonds is 7. The molecule has 158 valence electrons. The third kappa shape index (κ3) is 4.58. The van der Waals surface area contributed by atoms with Gasteiger partial charge in [0.15, 0.2) is 7.26 Å². The van der Waals surface area contributed by atoms with Crippen LogP contribution in [-0.4, -0.2) is 25.2 Å². The summed E-state index contributed by atoms with van der Waals surface area (Å²) in [6.07, 6.45) is 1.85. The van der Waals surface area contributed by atoms with Crippen LogP contribution in [0.1, 0.15) is 6.92 Å². The molecule has 3 aromatic rings. The van der Waals surface area contributed by atoms with Gasteiger partial charge >= 0.3 is 5.97 Å². The minimum atomic E-state index is -2.70. The maximum atomic E-state index is 13.4. The van der Waals surface area contributed by atoms with Crippen molar-refractivity contribution in [2.45, 2.75) is 6.92 Å². The van der Waals surface area contributed by atoms with Gasteiger partial charge in [0, 0.05) is 6.92 Å². The second-order valence-electron chi connectivity index (χ2n) is 6.73. The van der Waals surface area contributed by atoms with Gasteiger partial charge in [-0.2, -0.15) is 0 Å². The molecule has 4 nitrogen and oxygen atoms in total. The predicted molar refractivity (Wildman–Crippen MR) is 132 cm³/mol. The number of methoxy groups -OCH3 is 1. The molecule has 0 aliphatic rings. The third-order valence-electron chi connectivity index (χ3n) is 4.85. The van der Waals surface area contributed by atoms with Crippen LogP contribution < -0.4 is 21.2 Å². The first-order chi connectivity index (χ1) is 15.1. The summed E-state index contributed by atoms with van der Waals surface area (Å²) in [4.78, 5) is 25.5. The molecule has 0 aromatic heterocycles. The standard InChI is InChI=1S/C25H24NO3PS/c1-19(27)26-24(31-3)23(25(28)29-2)30(20-13-7-4-8-14-20,21-15-9-5-10-16-21)22-17-11-6-12-18-22/h4-18H,1-3H3/p+1. The van der Waals surface area contributed by atoms with Crippen molar-refractivity contribution in [3.8, 4) is 0 Å². The van der Waals surface area contributed by atoms with Gasteiger partial charge < -0.3 is 10.1 Å². The number of hydrogen-bond donors (Lipinski definition) is 1. The summed E-state index contributed by atoms with van der Waals surface area (Å²) >= 11 is 1.34. The van der Waals surface area contributed by atoms with Gasteiger partial charge in [-0.05, 0) is 42.7 Å². The summed E-state index contributed by atoms with van der Waals surface area (Å²) in [5.74, 6) is -0.693. The number of carbonyl (C=O) groups excluding carboxylic acids is 2. The summed E-state index contributed by atoms with van der Waals surface area (Å²) in [7, 11) is -1.32. The van der Waals surface area contributed by atoms with Gasteiger partial charge in [-0.25, -0.2) is 4.79 Å². The van der Waals surface area contributed by atoms with Crippen molar-refractivity contribution in [2.24, 2.45) is 0 Å². The molecule has 0 fully saturated rings. The van der Waals surface area contributed by atoms with E-state index in [1.165, 1.54) is 25.8 Å². The minimum absolute atomic E-state index is 0.238. The molecular formula is C25H25NO3PS+. The van der Waals surface area contributed by atoms with Gasteiger partial charge in [0.2, 0.25) is 11.2 Å². The molecule has 3 rings (SSSR count). The fourth-order valence-corrected chi connectivity index (χ4v) is 9.09. The maximum absolute atomic E-state index is 13.4. The van der Waals surface area contributed by atoms with Crippen molar-refractivity contribution in [1.29, 1.82) is 0 Å². The van der Waals surface area contributed by atoms with Crippen molar-refractivity contribution in [3.63, 3.8) is 0 Å². The van der Waals surface area contributed by atoms with Crippen molar-refractivity contribution in [1.82, 2.24) is 5.32 Å². The van der Waals surface area contributed by atoms with Crippen LogP contribution in [0.4, 0.5) is 0 Å². The van der Waals surface area contributed by atoms with Crippen LogP contribution in [0.2, 0.25) is 0 Å². The molecule has 31 heavy (non-hydrogen) atoms. The lowest BCUT2D eigenvalue weighted by Crippen LogP contribution is -2.37. The van der Waals surface area contributed by atoms with Gasteiger partial charge in [0.1, 0.15) is 20.9 Å². The smallest absolute Gasteiger partial charge is 0.377 e. The minimum Gasteiger partial charge on any atom is -0.463 e. The summed E-state index contributed by atoms with van der Waals surface area (Å²) in [6.45, 7) is 1.44. The summed E-state index contributed by atoms with van der Waals surface area (Å²) in [6, 6.07) is 30.0. The SMILES string of the molecule is COC(=O)/C(=C(\NC(C)=O)SC)[P+](c1ccccc1)(c1ccccc1)c1ccccc1. The highest BCUT2D eigenvalue weighted by molar-refractivity contribution is 8.05. The monoisotopic (exact) mass is 450 g/mol. The zero-order valence-electron chi connectivity index (χ0n) is 17.7. The van der Waals surface area contributed by atoms with E-state index < -0.39 is 13.2 Å². The Kier molecular flexibility index (Phi) is 7.67. The molecule has 0 radical (unpaired) electrons. The molecule has 0 spiro atoms. The number of hydrogen-bond acceptors (Lipinski definition) is 4. The molecular weight excluding hydrogens is 425 g/mol. The summed E-state index contributed by atoms with van der Waals surface area (Å²) < 4.78 is 5.31. The van der Waals surface area contributed by atoms with E-state index in [2.05, 4.69) is 5.32 Å². The lowest BCUT2D eigenvalue weighted by atomic mass is 10.3. The molecule has 0 bridgehead atoms. The number of nitrogens with one attached hydrogen (secondary N) is 1. The molecule has 0 aliphatic carbocycles. The van der Waals surface area contributed by atoms with Crippen LogP contribution in [0.25, 0.3) is 0 Å². The number of carbonyl (C=O) groups is 2. The Labute approximate surface area is 188 Å². The second kappa shape index (κ2) is 10.4. The van der Waals surface area contributed by atoms with Crippen molar-refractivity contribution < 1.29 is 14.3 Å². The van der Waals surface area contributed by atoms with E-state index in [4.69, 9.17) is 4.74 Å². The summed E-state index contributed by atoms with van der Waals surface area (Å²) in [5, 5.41) is 6.88. The fourth-order valence-electron chi connectivity index (χ4n) is 3.63. The molecule has 1 amide bonds. The molecule has 0 heterocycles. The van der Waals surface area contributed by atoms with Gasteiger partial charge in [-0.1, -0.05) is 54.6 Å². The normalized spacial score (nSPS) is 12.0. The number of amides is 1. The molecule has 6 heteroatoms. The molecule has 0 saturated heterocycles. The third-order valence-corrected chi connectivity index (χ3v) is 10.0. The maximum Gasteiger partial charge on any atom is 0.377 e. The average molecular weight is 451 g/mol. The topological polar surface area (TPSA) is 55.4 Å². The summed E-state index contributed by atoms with van der Waals surface area (Å²) in [5.41, 5.74) is 0. The average Bonchev–Trinajstić information content (AvgIpc) is 2.82. The lowest BCUT2D eigenvalue weighted by molar-refractivity contribution is -0.135. The zero-order valence-corrected chi connectivity index (χ0v) is 19.5. The number of esters is 1. The van der Waals surface area contributed by atoms with E-state index in [9.17, 15) is 9.59 Å². The Bertz CT molecular complexity index is 973. The molecule has 0 atom stereocenters. The van der Waals surface area contributed by atoms with Gasteiger partial charge in [-0.3, -0.25) is 4.79 Å². The van der Waals surface area contributed by atoms with Crippen molar-refractivity contribution in [3.05, 3.63) is 101 Å². The predicted octanol–water partition coefficient (Wildman–Crippen LogP) is 3.82. The van der Waals surface area contributed by atoms with E-state index in [1.807, 2.05) is 97.3 Å². The Hall–Kier alpha value is -2.88. The van der Waals surface area contributed by atoms with E-state index in [0.29, 0.717) is 10.3 Å². The molecule has 1 N–H and O–H groups in total. The first-order valence-electron chi connectivity index (χ1n) is 9.76. The van der Waals surface area contributed by atoms with Gasteiger partial charge in [-0.15, -0.1) is 11.8 Å². The Balaban J connectivity index is 2.56. The van der Waals surface area contributed by atoms with E-state index in [1.54, 1.807) is 0 Å². The molecule has 0 saturated carbocycles.